The molecule has 2 unspecified atom stereocenters. The minimum Gasteiger partial charge on any atom is -0.481 e. The van der Waals surface area contributed by atoms with Crippen molar-refractivity contribution in [1.82, 2.24) is 29.8 Å². The molecule has 2 aromatic rings. The number of amides is 4. The Hall–Kier alpha value is -5.15. The maximum Gasteiger partial charge on any atom is 0.409 e. The van der Waals surface area contributed by atoms with Gasteiger partial charge in [0, 0.05) is 45.2 Å². The Morgan fingerprint density at radius 2 is 1.68 bits per heavy atom. The fourth-order valence-corrected chi connectivity index (χ4v) is 4.80. The van der Waals surface area contributed by atoms with Gasteiger partial charge in [-0.2, -0.15) is 5.10 Å². The molecule has 3 N–H and O–H groups in total. The fraction of sp³-hybridized carbons (Fsp3) is 0.464. The molecule has 0 saturated carbocycles. The third-order valence-corrected chi connectivity index (χ3v) is 7.25. The van der Waals surface area contributed by atoms with Crippen LogP contribution in [0, 0.1) is 0 Å². The van der Waals surface area contributed by atoms with Crippen LogP contribution in [-0.2, 0) is 23.9 Å². The summed E-state index contributed by atoms with van der Waals surface area (Å²) in [4.78, 5) is 78.0. The molecular weight excluding hydrogens is 580 g/mol. The van der Waals surface area contributed by atoms with E-state index in [1.54, 1.807) is 37.3 Å². The average Bonchev–Trinajstić information content (AvgIpc) is 3.42. The Labute approximate surface area is 252 Å². The van der Waals surface area contributed by atoms with Crippen molar-refractivity contribution in [2.75, 3.05) is 45.9 Å². The summed E-state index contributed by atoms with van der Waals surface area (Å²) in [6, 6.07) is 7.77. The van der Waals surface area contributed by atoms with E-state index in [1.165, 1.54) is 25.4 Å². The average molecular weight is 615 g/mol. The van der Waals surface area contributed by atoms with Crippen LogP contribution in [-0.4, -0.2) is 128 Å². The molecule has 0 radical (unpaired) electrons. The van der Waals surface area contributed by atoms with Crippen LogP contribution in [0.5, 0.6) is 5.88 Å². The second-order valence-corrected chi connectivity index (χ2v) is 10.1. The van der Waals surface area contributed by atoms with Crippen molar-refractivity contribution in [1.29, 1.82) is 0 Å². The van der Waals surface area contributed by atoms with Gasteiger partial charge in [0.2, 0.25) is 11.8 Å². The van der Waals surface area contributed by atoms with Gasteiger partial charge in [-0.25, -0.2) is 14.3 Å². The molecule has 2 aliphatic heterocycles. The topological polar surface area (TPSA) is 201 Å². The molecule has 3 heterocycles. The Balaban J connectivity index is 1.48. The van der Waals surface area contributed by atoms with Gasteiger partial charge in [0.1, 0.15) is 12.1 Å². The summed E-state index contributed by atoms with van der Waals surface area (Å²) in [6.07, 6.45) is -0.718. The second-order valence-electron chi connectivity index (χ2n) is 10.1. The molecule has 4 amide bonds. The number of para-hydroxylation sites is 1. The molecule has 0 aliphatic carbocycles. The number of aromatic nitrogens is 2. The first-order valence-corrected chi connectivity index (χ1v) is 14.1. The maximum absolute atomic E-state index is 13.4. The molecule has 0 spiro atoms. The van der Waals surface area contributed by atoms with E-state index in [-0.39, 0.29) is 63.7 Å². The van der Waals surface area contributed by atoms with Gasteiger partial charge >= 0.3 is 18.0 Å². The zero-order chi connectivity index (χ0) is 31.8. The highest BCUT2D eigenvalue weighted by Crippen LogP contribution is 2.22. The van der Waals surface area contributed by atoms with Crippen LogP contribution in [0.2, 0.25) is 0 Å². The van der Waals surface area contributed by atoms with Gasteiger partial charge in [-0.1, -0.05) is 18.2 Å². The fourth-order valence-electron chi connectivity index (χ4n) is 4.80. The van der Waals surface area contributed by atoms with Crippen LogP contribution in [0.25, 0.3) is 5.69 Å². The van der Waals surface area contributed by atoms with Gasteiger partial charge in [0.15, 0.2) is 12.3 Å². The third-order valence-electron chi connectivity index (χ3n) is 7.25. The van der Waals surface area contributed by atoms with E-state index in [2.05, 4.69) is 10.4 Å². The molecule has 2 aliphatic rings. The molecule has 0 bridgehead atoms. The molecule has 4 rings (SSSR count). The molecular formula is C28H34N6O10. The number of likely N-dealkylation sites (tertiary alicyclic amines) is 1. The summed E-state index contributed by atoms with van der Waals surface area (Å²) in [6.45, 7) is 2.47. The smallest absolute Gasteiger partial charge is 0.409 e. The number of ether oxygens (including phenoxy) is 2. The molecule has 2 fully saturated rings. The zero-order valence-electron chi connectivity index (χ0n) is 24.1. The first-order valence-electron chi connectivity index (χ1n) is 14.1. The molecule has 16 heteroatoms. The number of nitrogens with one attached hydrogen (secondary N) is 1. The van der Waals surface area contributed by atoms with Crippen molar-refractivity contribution in [3.8, 4) is 11.6 Å². The van der Waals surface area contributed by atoms with Crippen molar-refractivity contribution < 1.29 is 48.5 Å². The number of carboxylic acids is 2. The predicted octanol–water partition coefficient (Wildman–Crippen LogP) is 0.201. The van der Waals surface area contributed by atoms with E-state index in [4.69, 9.17) is 9.47 Å². The summed E-state index contributed by atoms with van der Waals surface area (Å²) in [7, 11) is 0. The van der Waals surface area contributed by atoms with Gasteiger partial charge in [-0.15, -0.1) is 0 Å². The Kier molecular flexibility index (Phi) is 10.4. The molecule has 2 saturated heterocycles. The van der Waals surface area contributed by atoms with Crippen LogP contribution < -0.4 is 10.1 Å². The largest absolute Gasteiger partial charge is 0.481 e. The molecule has 2 atom stereocenters. The Morgan fingerprint density at radius 1 is 1.00 bits per heavy atom. The number of carbonyl (C=O) groups is 6. The first kappa shape index (κ1) is 31.8. The number of hydrogen-bond acceptors (Lipinski definition) is 9. The SMILES string of the molecule is CCOC(=O)N1CCN(C(=O)C(CCC(=O)O)NC(=O)c2cc(OCC(=O)N3CCC3C(=O)O)n(-c3ccccc3)n2)CC1. The van der Waals surface area contributed by atoms with E-state index < -0.39 is 54.4 Å². The van der Waals surface area contributed by atoms with Crippen LogP contribution in [0.3, 0.4) is 0 Å². The van der Waals surface area contributed by atoms with Crippen molar-refractivity contribution in [3.63, 3.8) is 0 Å². The quantitative estimate of drug-likeness (QED) is 0.295. The van der Waals surface area contributed by atoms with Gasteiger partial charge in [0.05, 0.1) is 12.3 Å². The number of carboxylic acid groups (broad SMARTS) is 2. The summed E-state index contributed by atoms with van der Waals surface area (Å²) in [5.41, 5.74) is 0.336. The van der Waals surface area contributed by atoms with Crippen LogP contribution in [0.15, 0.2) is 36.4 Å². The maximum atomic E-state index is 13.4. The number of rotatable bonds is 12. The standard InChI is InChI=1S/C28H34N6O10/c1-2-43-28(42)32-14-12-31(13-15-32)26(39)19(8-9-24(36)37)29-25(38)20-16-23(34(30-20)18-6-4-3-5-7-18)44-17-22(35)33-11-10-21(33)27(40)41/h3-7,16,19,21H,2,8-15,17H2,1H3,(H,29,38)(H,36,37)(H,40,41). The van der Waals surface area contributed by atoms with Crippen molar-refractivity contribution in [3.05, 3.63) is 42.1 Å². The van der Waals surface area contributed by atoms with Crippen LogP contribution in [0.1, 0.15) is 36.7 Å². The van der Waals surface area contributed by atoms with E-state index >= 15 is 0 Å². The lowest BCUT2D eigenvalue weighted by Gasteiger charge is -2.37. The number of nitrogens with zero attached hydrogens (tertiary/aromatic N) is 5. The number of benzene rings is 1. The Morgan fingerprint density at radius 3 is 2.27 bits per heavy atom. The van der Waals surface area contributed by atoms with Crippen LogP contribution >= 0.6 is 0 Å². The second kappa shape index (κ2) is 14.3. The van der Waals surface area contributed by atoms with Gasteiger partial charge < -0.3 is 39.7 Å². The highest BCUT2D eigenvalue weighted by Gasteiger charge is 2.38. The molecule has 236 valence electrons. The highest BCUT2D eigenvalue weighted by atomic mass is 16.6. The minimum absolute atomic E-state index is 0.0191. The van der Waals surface area contributed by atoms with Crippen molar-refractivity contribution in [2.45, 2.75) is 38.3 Å². The predicted molar refractivity (Wildman–Crippen MR) is 150 cm³/mol. The molecule has 44 heavy (non-hydrogen) atoms. The van der Waals surface area contributed by atoms with Gasteiger partial charge in [0.25, 0.3) is 11.8 Å². The van der Waals surface area contributed by atoms with Gasteiger partial charge in [-0.05, 0) is 31.9 Å². The number of hydrogen-bond donors (Lipinski definition) is 3. The summed E-state index contributed by atoms with van der Waals surface area (Å²) in [5, 5.41) is 25.4. The lowest BCUT2D eigenvalue weighted by molar-refractivity contribution is -0.158. The Bertz CT molecular complexity index is 1390. The van der Waals surface area contributed by atoms with Gasteiger partial charge in [-0.3, -0.25) is 19.2 Å². The highest BCUT2D eigenvalue weighted by molar-refractivity contribution is 5.96. The molecule has 1 aromatic carbocycles. The number of aliphatic carboxylic acids is 2. The third kappa shape index (κ3) is 7.62. The lowest BCUT2D eigenvalue weighted by Crippen LogP contribution is -2.56. The number of piperazine rings is 1. The number of carbonyl (C=O) groups excluding carboxylic acids is 4. The van der Waals surface area contributed by atoms with Crippen LogP contribution in [0.4, 0.5) is 4.79 Å². The lowest BCUT2D eigenvalue weighted by atomic mass is 10.0. The van der Waals surface area contributed by atoms with E-state index in [0.717, 1.165) is 0 Å². The summed E-state index contributed by atoms with van der Waals surface area (Å²) >= 11 is 0. The normalized spacial score (nSPS) is 16.8. The van der Waals surface area contributed by atoms with E-state index in [9.17, 15) is 39.0 Å². The first-order chi connectivity index (χ1) is 21.1. The molecule has 16 nitrogen and oxygen atoms in total. The van der Waals surface area contributed by atoms with Crippen molar-refractivity contribution in [2.24, 2.45) is 0 Å². The summed E-state index contributed by atoms with van der Waals surface area (Å²) < 4.78 is 12.0. The monoisotopic (exact) mass is 614 g/mol. The zero-order valence-corrected chi connectivity index (χ0v) is 24.1. The molecule has 1 aromatic heterocycles. The minimum atomic E-state index is -1.19. The summed E-state index contributed by atoms with van der Waals surface area (Å²) in [5.74, 6) is -4.06. The van der Waals surface area contributed by atoms with Crippen molar-refractivity contribution >= 4 is 35.8 Å². The van der Waals surface area contributed by atoms with E-state index in [0.29, 0.717) is 12.1 Å². The van der Waals surface area contributed by atoms with E-state index in [1.807, 2.05) is 0 Å².